The molecule has 2 aromatic carbocycles. The van der Waals surface area contributed by atoms with Crippen LogP contribution in [-0.2, 0) is 0 Å². The van der Waals surface area contributed by atoms with Crippen molar-refractivity contribution in [1.29, 1.82) is 5.26 Å². The average molecular weight is 307 g/mol. The molecule has 23 heavy (non-hydrogen) atoms. The molecule has 2 aromatic rings. The van der Waals surface area contributed by atoms with E-state index < -0.39 is 5.83 Å². The minimum absolute atomic E-state index is 0.0603. The Kier molecular flexibility index (Phi) is 3.98. The van der Waals surface area contributed by atoms with E-state index in [0.29, 0.717) is 27.4 Å². The summed E-state index contributed by atoms with van der Waals surface area (Å²) >= 11 is 0. The number of para-hydroxylation sites is 1. The van der Waals surface area contributed by atoms with Gasteiger partial charge < -0.3 is 4.74 Å². The molecule has 0 aromatic heterocycles. The molecule has 1 aliphatic rings. The number of nitriles is 1. The fourth-order valence-corrected chi connectivity index (χ4v) is 2.32. The van der Waals surface area contributed by atoms with Crippen LogP contribution in [0.2, 0.25) is 0 Å². The van der Waals surface area contributed by atoms with Gasteiger partial charge in [0.15, 0.2) is 0 Å². The Morgan fingerprint density at radius 2 is 1.70 bits per heavy atom. The first-order valence-corrected chi connectivity index (χ1v) is 6.95. The molecule has 0 atom stereocenters. The van der Waals surface area contributed by atoms with E-state index in [1.165, 1.54) is 0 Å². The standard InChI is InChI=1S/C18H12FN2O2/c19-18-12-21(22)11-17(16(18)10-20)13-6-8-15(9-7-13)23-14-4-2-1-3-5-14/h1-9,12H,11H2/q+1. The van der Waals surface area contributed by atoms with E-state index in [4.69, 9.17) is 10.00 Å². The lowest BCUT2D eigenvalue weighted by molar-refractivity contribution is -0.468. The third-order valence-corrected chi connectivity index (χ3v) is 3.41. The highest BCUT2D eigenvalue weighted by atomic mass is 19.1. The zero-order valence-corrected chi connectivity index (χ0v) is 12.1. The van der Waals surface area contributed by atoms with Crippen molar-refractivity contribution in [2.75, 3.05) is 6.54 Å². The fraction of sp³-hybridized carbons (Fsp3) is 0.0556. The SMILES string of the molecule is N#CC1=C(c2ccc(Oc3ccccc3)cc2)C[N+](=O)C=C1F. The first kappa shape index (κ1) is 14.7. The highest BCUT2D eigenvalue weighted by Gasteiger charge is 2.27. The second-order valence-electron chi connectivity index (χ2n) is 4.96. The Morgan fingerprint density at radius 3 is 2.35 bits per heavy atom. The van der Waals surface area contributed by atoms with Crippen LogP contribution >= 0.6 is 0 Å². The van der Waals surface area contributed by atoms with Gasteiger partial charge in [-0.25, -0.2) is 0 Å². The normalized spacial score (nSPS) is 14.3. The summed E-state index contributed by atoms with van der Waals surface area (Å²) in [7, 11) is 0. The number of hydrogen-bond donors (Lipinski definition) is 0. The molecular formula is C18H12FN2O2+. The van der Waals surface area contributed by atoms with Gasteiger partial charge in [-0.1, -0.05) is 30.3 Å². The zero-order valence-electron chi connectivity index (χ0n) is 12.1. The second-order valence-corrected chi connectivity index (χ2v) is 4.96. The van der Waals surface area contributed by atoms with Gasteiger partial charge in [0, 0.05) is 15.2 Å². The van der Waals surface area contributed by atoms with Crippen molar-refractivity contribution >= 4 is 5.57 Å². The molecule has 3 rings (SSSR count). The van der Waals surface area contributed by atoms with Crippen LogP contribution in [0.25, 0.3) is 5.57 Å². The molecule has 0 spiro atoms. The Balaban J connectivity index is 1.89. The fourth-order valence-electron chi connectivity index (χ4n) is 2.32. The van der Waals surface area contributed by atoms with E-state index in [1.54, 1.807) is 24.3 Å². The van der Waals surface area contributed by atoms with Crippen molar-refractivity contribution < 1.29 is 13.9 Å². The number of ether oxygens (including phenoxy) is 1. The first-order chi connectivity index (χ1) is 11.2. The van der Waals surface area contributed by atoms with Gasteiger partial charge in [0.2, 0.25) is 12.4 Å². The number of halogens is 1. The zero-order chi connectivity index (χ0) is 16.2. The lowest BCUT2D eigenvalue weighted by Gasteiger charge is -2.10. The molecule has 1 heterocycles. The molecule has 112 valence electrons. The van der Waals surface area contributed by atoms with Crippen LogP contribution in [0.5, 0.6) is 11.5 Å². The highest BCUT2D eigenvalue weighted by Crippen LogP contribution is 2.30. The number of hydrogen-bond acceptors (Lipinski definition) is 3. The maximum atomic E-state index is 13.7. The van der Waals surface area contributed by atoms with Crippen molar-refractivity contribution in [2.24, 2.45) is 0 Å². The van der Waals surface area contributed by atoms with E-state index in [2.05, 4.69) is 0 Å². The second kappa shape index (κ2) is 6.24. The number of benzene rings is 2. The maximum Gasteiger partial charge on any atom is 0.258 e. The predicted octanol–water partition coefficient (Wildman–Crippen LogP) is 4.36. The first-order valence-electron chi connectivity index (χ1n) is 6.95. The number of nitrogens with zero attached hydrogens (tertiary/aromatic N) is 2. The number of allylic oxidation sites excluding steroid dienone is 2. The number of nitroso groups, excluding NO2 is 1. The van der Waals surface area contributed by atoms with Crippen LogP contribution in [-0.4, -0.2) is 11.3 Å². The van der Waals surface area contributed by atoms with Gasteiger partial charge in [-0.15, -0.1) is 0 Å². The van der Waals surface area contributed by atoms with E-state index in [0.717, 1.165) is 6.20 Å². The van der Waals surface area contributed by atoms with Gasteiger partial charge in [0.25, 0.3) is 6.20 Å². The minimum atomic E-state index is -0.812. The summed E-state index contributed by atoms with van der Waals surface area (Å²) in [5.74, 6) is 0.507. The molecule has 1 aliphatic heterocycles. The van der Waals surface area contributed by atoms with Crippen LogP contribution < -0.4 is 4.74 Å². The molecule has 0 saturated carbocycles. The van der Waals surface area contributed by atoms with Crippen LogP contribution in [0.3, 0.4) is 0 Å². The predicted molar refractivity (Wildman–Crippen MR) is 83.2 cm³/mol. The quantitative estimate of drug-likeness (QED) is 0.792. The van der Waals surface area contributed by atoms with E-state index >= 15 is 0 Å². The monoisotopic (exact) mass is 307 g/mol. The Labute approximate surface area is 132 Å². The molecule has 4 nitrogen and oxygen atoms in total. The summed E-state index contributed by atoms with van der Waals surface area (Å²) < 4.78 is 19.9. The third kappa shape index (κ3) is 3.16. The third-order valence-electron chi connectivity index (χ3n) is 3.41. The van der Waals surface area contributed by atoms with Crippen LogP contribution in [0.4, 0.5) is 4.39 Å². The van der Waals surface area contributed by atoms with Crippen molar-refractivity contribution in [3.05, 3.63) is 82.7 Å². The molecule has 0 radical (unpaired) electrons. The van der Waals surface area contributed by atoms with Crippen LogP contribution in [0, 0.1) is 16.2 Å². The minimum Gasteiger partial charge on any atom is -0.457 e. The van der Waals surface area contributed by atoms with Gasteiger partial charge in [-0.2, -0.15) is 9.65 Å². The largest absolute Gasteiger partial charge is 0.457 e. The van der Waals surface area contributed by atoms with E-state index in [9.17, 15) is 9.30 Å². The molecule has 5 heteroatoms. The van der Waals surface area contributed by atoms with Gasteiger partial charge >= 0.3 is 0 Å². The average Bonchev–Trinajstić information content (AvgIpc) is 2.56. The van der Waals surface area contributed by atoms with E-state index in [1.807, 2.05) is 36.4 Å². The summed E-state index contributed by atoms with van der Waals surface area (Å²) in [6.07, 6.45) is 0.787. The van der Waals surface area contributed by atoms with Gasteiger partial charge in [0.1, 0.15) is 23.1 Å². The van der Waals surface area contributed by atoms with Gasteiger partial charge in [-0.05, 0) is 29.8 Å². The Bertz CT molecular complexity index is 847. The molecule has 0 amide bonds. The Hall–Kier alpha value is -3.26. The van der Waals surface area contributed by atoms with Crippen LogP contribution in [0.15, 0.2) is 72.2 Å². The molecular weight excluding hydrogens is 295 g/mol. The molecule has 0 aliphatic carbocycles. The summed E-state index contributed by atoms with van der Waals surface area (Å²) in [4.78, 5) is 11.5. The summed E-state index contributed by atoms with van der Waals surface area (Å²) in [5, 5.41) is 9.09. The lowest BCUT2D eigenvalue weighted by atomic mass is 9.98. The Morgan fingerprint density at radius 1 is 1.04 bits per heavy atom. The van der Waals surface area contributed by atoms with E-state index in [-0.39, 0.29) is 12.1 Å². The molecule has 0 N–H and O–H groups in total. The lowest BCUT2D eigenvalue weighted by Crippen LogP contribution is -2.12. The number of rotatable bonds is 3. The summed E-state index contributed by atoms with van der Waals surface area (Å²) in [6.45, 7) is -0.0603. The molecule has 0 fully saturated rings. The molecule has 0 bridgehead atoms. The molecule has 0 saturated heterocycles. The van der Waals surface area contributed by atoms with Gasteiger partial charge in [0.05, 0.1) is 0 Å². The van der Waals surface area contributed by atoms with Gasteiger partial charge in [-0.3, -0.25) is 0 Å². The molecule has 0 unspecified atom stereocenters. The van der Waals surface area contributed by atoms with Crippen molar-refractivity contribution in [3.63, 3.8) is 0 Å². The topological polar surface area (TPSA) is 53.1 Å². The van der Waals surface area contributed by atoms with Crippen molar-refractivity contribution in [1.82, 2.24) is 0 Å². The highest BCUT2D eigenvalue weighted by molar-refractivity contribution is 5.76. The summed E-state index contributed by atoms with van der Waals surface area (Å²) in [6, 6.07) is 18.0. The van der Waals surface area contributed by atoms with Crippen molar-refractivity contribution in [3.8, 4) is 17.6 Å². The maximum absolute atomic E-state index is 13.7. The summed E-state index contributed by atoms with van der Waals surface area (Å²) in [5.41, 5.74) is 0.883. The van der Waals surface area contributed by atoms with Crippen LogP contribution in [0.1, 0.15) is 5.56 Å². The van der Waals surface area contributed by atoms with Crippen molar-refractivity contribution in [2.45, 2.75) is 0 Å². The smallest absolute Gasteiger partial charge is 0.258 e.